The summed E-state index contributed by atoms with van der Waals surface area (Å²) in [4.78, 5) is 0. The van der Waals surface area contributed by atoms with Crippen LogP contribution in [-0.4, -0.2) is 6.04 Å². The smallest absolute Gasteiger partial charge is 0.123 e. The molecule has 1 aliphatic carbocycles. The van der Waals surface area contributed by atoms with Crippen molar-refractivity contribution in [3.05, 3.63) is 35.6 Å². The van der Waals surface area contributed by atoms with Crippen LogP contribution in [0.25, 0.3) is 0 Å². The first kappa shape index (κ1) is 12.6. The molecule has 1 aromatic carbocycles. The Kier molecular flexibility index (Phi) is 3.53. The number of benzene rings is 1. The van der Waals surface area contributed by atoms with E-state index in [1.165, 1.54) is 31.4 Å². The highest BCUT2D eigenvalue weighted by Gasteiger charge is 2.34. The zero-order valence-electron chi connectivity index (χ0n) is 11.0. The summed E-state index contributed by atoms with van der Waals surface area (Å²) in [6, 6.07) is 7.67. The van der Waals surface area contributed by atoms with Crippen LogP contribution in [0.5, 0.6) is 0 Å². The minimum Gasteiger partial charge on any atom is -0.307 e. The molecule has 0 radical (unpaired) electrons. The third-order valence-electron chi connectivity index (χ3n) is 4.08. The second-order valence-electron chi connectivity index (χ2n) is 5.87. The summed E-state index contributed by atoms with van der Waals surface area (Å²) >= 11 is 0. The summed E-state index contributed by atoms with van der Waals surface area (Å²) in [5, 5.41) is 3.68. The first-order valence-electron chi connectivity index (χ1n) is 6.50. The van der Waals surface area contributed by atoms with E-state index in [1.807, 2.05) is 12.1 Å². The fourth-order valence-corrected chi connectivity index (χ4v) is 2.79. The molecule has 0 bridgehead atoms. The molecule has 1 fully saturated rings. The van der Waals surface area contributed by atoms with Gasteiger partial charge in [-0.25, -0.2) is 4.39 Å². The molecule has 1 saturated carbocycles. The lowest BCUT2D eigenvalue weighted by Gasteiger charge is -2.31. The van der Waals surface area contributed by atoms with Gasteiger partial charge in [-0.3, -0.25) is 0 Å². The molecule has 1 unspecified atom stereocenters. The van der Waals surface area contributed by atoms with E-state index >= 15 is 0 Å². The Bertz CT molecular complexity index is 369. The van der Waals surface area contributed by atoms with Gasteiger partial charge in [-0.1, -0.05) is 32.4 Å². The molecular weight excluding hydrogens is 213 g/mol. The van der Waals surface area contributed by atoms with Gasteiger partial charge in [-0.05, 0) is 42.9 Å². The monoisotopic (exact) mass is 235 g/mol. The molecule has 0 spiro atoms. The van der Waals surface area contributed by atoms with Crippen molar-refractivity contribution in [2.75, 3.05) is 0 Å². The van der Waals surface area contributed by atoms with Crippen molar-refractivity contribution in [2.45, 2.75) is 52.1 Å². The largest absolute Gasteiger partial charge is 0.307 e. The van der Waals surface area contributed by atoms with Gasteiger partial charge in [0, 0.05) is 12.1 Å². The third kappa shape index (κ3) is 2.86. The van der Waals surface area contributed by atoms with Crippen molar-refractivity contribution < 1.29 is 4.39 Å². The molecule has 0 aliphatic heterocycles. The minimum absolute atomic E-state index is 0.165. The normalized spacial score (nSPS) is 24.8. The zero-order chi connectivity index (χ0) is 12.5. The maximum atomic E-state index is 12.9. The van der Waals surface area contributed by atoms with Gasteiger partial charge in [0.05, 0.1) is 0 Å². The highest BCUT2D eigenvalue weighted by Crippen LogP contribution is 2.38. The van der Waals surface area contributed by atoms with Crippen LogP contribution in [0.1, 0.15) is 51.6 Å². The lowest BCUT2D eigenvalue weighted by Crippen LogP contribution is -2.39. The molecule has 0 amide bonds. The molecule has 2 heteroatoms. The third-order valence-corrected chi connectivity index (χ3v) is 4.08. The van der Waals surface area contributed by atoms with E-state index in [1.54, 1.807) is 0 Å². The van der Waals surface area contributed by atoms with E-state index in [2.05, 4.69) is 26.1 Å². The number of nitrogens with one attached hydrogen (secondary N) is 1. The topological polar surface area (TPSA) is 12.0 Å². The highest BCUT2D eigenvalue weighted by atomic mass is 19.1. The maximum absolute atomic E-state index is 12.9. The number of hydrogen-bond acceptors (Lipinski definition) is 1. The van der Waals surface area contributed by atoms with Crippen molar-refractivity contribution >= 4 is 0 Å². The second-order valence-corrected chi connectivity index (χ2v) is 5.87. The minimum atomic E-state index is -0.165. The van der Waals surface area contributed by atoms with E-state index in [4.69, 9.17) is 0 Å². The van der Waals surface area contributed by atoms with Crippen molar-refractivity contribution in [1.82, 2.24) is 5.32 Å². The van der Waals surface area contributed by atoms with Crippen LogP contribution in [0.15, 0.2) is 24.3 Å². The molecule has 1 N–H and O–H groups in total. The molecule has 17 heavy (non-hydrogen) atoms. The maximum Gasteiger partial charge on any atom is 0.123 e. The van der Waals surface area contributed by atoms with E-state index < -0.39 is 0 Å². The average molecular weight is 235 g/mol. The van der Waals surface area contributed by atoms with Crippen LogP contribution in [0.2, 0.25) is 0 Å². The fourth-order valence-electron chi connectivity index (χ4n) is 2.79. The lowest BCUT2D eigenvalue weighted by atomic mass is 9.86. The van der Waals surface area contributed by atoms with Gasteiger partial charge in [-0.15, -0.1) is 0 Å². The van der Waals surface area contributed by atoms with Crippen LogP contribution in [-0.2, 0) is 0 Å². The van der Waals surface area contributed by atoms with Gasteiger partial charge < -0.3 is 5.32 Å². The molecule has 2 rings (SSSR count). The molecule has 1 aromatic rings. The first-order valence-corrected chi connectivity index (χ1v) is 6.50. The van der Waals surface area contributed by atoms with Gasteiger partial charge >= 0.3 is 0 Å². The van der Waals surface area contributed by atoms with Crippen molar-refractivity contribution in [3.8, 4) is 0 Å². The molecule has 1 aliphatic rings. The van der Waals surface area contributed by atoms with Crippen molar-refractivity contribution in [3.63, 3.8) is 0 Å². The Balaban J connectivity index is 2.01. The van der Waals surface area contributed by atoms with Crippen LogP contribution in [0, 0.1) is 11.2 Å². The van der Waals surface area contributed by atoms with E-state index in [-0.39, 0.29) is 11.9 Å². The van der Waals surface area contributed by atoms with E-state index in [0.717, 1.165) is 5.56 Å². The van der Waals surface area contributed by atoms with Crippen LogP contribution in [0.3, 0.4) is 0 Å². The van der Waals surface area contributed by atoms with Crippen LogP contribution >= 0.6 is 0 Å². The molecule has 1 nitrogen and oxygen atoms in total. The Morgan fingerprint density at radius 3 is 2.47 bits per heavy atom. The van der Waals surface area contributed by atoms with Crippen molar-refractivity contribution in [1.29, 1.82) is 0 Å². The molecule has 2 atom stereocenters. The summed E-state index contributed by atoms with van der Waals surface area (Å²) in [5.41, 5.74) is 1.54. The first-order chi connectivity index (χ1) is 7.99. The predicted molar refractivity (Wildman–Crippen MR) is 69.4 cm³/mol. The Morgan fingerprint density at radius 1 is 1.29 bits per heavy atom. The number of halogens is 1. The predicted octanol–water partition coefficient (Wildman–Crippen LogP) is 4.06. The molecule has 0 saturated heterocycles. The Hall–Kier alpha value is -0.890. The summed E-state index contributed by atoms with van der Waals surface area (Å²) in [6.45, 7) is 6.81. The van der Waals surface area contributed by atoms with E-state index in [0.29, 0.717) is 11.5 Å². The SMILES string of the molecule is C[C@H](NC1CCCC1(C)C)c1ccc(F)cc1. The second kappa shape index (κ2) is 4.77. The number of rotatable bonds is 3. The van der Waals surface area contributed by atoms with Gasteiger partial charge in [0.2, 0.25) is 0 Å². The summed E-state index contributed by atoms with van der Waals surface area (Å²) in [6.07, 6.45) is 3.85. The highest BCUT2D eigenvalue weighted by molar-refractivity contribution is 5.19. The Morgan fingerprint density at radius 2 is 1.94 bits per heavy atom. The van der Waals surface area contributed by atoms with Gasteiger partial charge in [0.25, 0.3) is 0 Å². The molecule has 0 aromatic heterocycles. The summed E-state index contributed by atoms with van der Waals surface area (Å²) < 4.78 is 12.9. The summed E-state index contributed by atoms with van der Waals surface area (Å²) in [7, 11) is 0. The van der Waals surface area contributed by atoms with Crippen molar-refractivity contribution in [2.24, 2.45) is 5.41 Å². The van der Waals surface area contributed by atoms with Gasteiger partial charge in [-0.2, -0.15) is 0 Å². The zero-order valence-corrected chi connectivity index (χ0v) is 11.0. The van der Waals surface area contributed by atoms with E-state index in [9.17, 15) is 4.39 Å². The van der Waals surface area contributed by atoms with Crippen LogP contribution < -0.4 is 5.32 Å². The number of hydrogen-bond donors (Lipinski definition) is 1. The average Bonchev–Trinajstić information content (AvgIpc) is 2.59. The fraction of sp³-hybridized carbons (Fsp3) is 0.600. The van der Waals surface area contributed by atoms with Gasteiger partial charge in [0.15, 0.2) is 0 Å². The lowest BCUT2D eigenvalue weighted by molar-refractivity contribution is 0.266. The summed E-state index contributed by atoms with van der Waals surface area (Å²) in [5.74, 6) is -0.165. The standard InChI is InChI=1S/C15H22FN/c1-11(12-6-8-13(16)9-7-12)17-14-5-4-10-15(14,2)3/h6-9,11,14,17H,4-5,10H2,1-3H3/t11-,14?/m0/s1. The Labute approximate surface area is 103 Å². The van der Waals surface area contributed by atoms with Crippen LogP contribution in [0.4, 0.5) is 4.39 Å². The molecule has 0 heterocycles. The van der Waals surface area contributed by atoms with Gasteiger partial charge in [0.1, 0.15) is 5.82 Å². The molecule has 94 valence electrons. The quantitative estimate of drug-likeness (QED) is 0.833. The molecular formula is C15H22FN.